The molecule has 4 heteroatoms. The lowest BCUT2D eigenvalue weighted by molar-refractivity contribution is 0.0699. The number of aromatic carboxylic acids is 1. The van der Waals surface area contributed by atoms with Crippen LogP contribution >= 0.6 is 0 Å². The van der Waals surface area contributed by atoms with Gasteiger partial charge in [-0.3, -0.25) is 0 Å². The summed E-state index contributed by atoms with van der Waals surface area (Å²) >= 11 is 0. The van der Waals surface area contributed by atoms with Crippen LogP contribution in [0.25, 0.3) is 10.9 Å². The molecule has 1 heterocycles. The van der Waals surface area contributed by atoms with Crippen LogP contribution < -0.4 is 5.73 Å². The molecule has 1 aromatic carbocycles. The number of fused-ring (bicyclic) bond motifs is 1. The molecule has 1 aromatic heterocycles. The van der Waals surface area contributed by atoms with E-state index in [0.29, 0.717) is 12.1 Å². The van der Waals surface area contributed by atoms with E-state index in [9.17, 15) is 4.79 Å². The number of nitrogens with zero attached hydrogens (tertiary/aromatic N) is 1. The smallest absolute Gasteiger partial charge is 0.336 e. The largest absolute Gasteiger partial charge is 0.478 e. The molecule has 0 saturated carbocycles. The molecule has 2 rings (SSSR count). The van der Waals surface area contributed by atoms with Crippen molar-refractivity contribution in [1.29, 1.82) is 0 Å². The van der Waals surface area contributed by atoms with E-state index in [2.05, 4.69) is 4.57 Å². The van der Waals surface area contributed by atoms with Crippen LogP contribution in [-0.2, 0) is 6.54 Å². The molecule has 0 atom stereocenters. The van der Waals surface area contributed by atoms with Crippen molar-refractivity contribution < 1.29 is 9.90 Å². The summed E-state index contributed by atoms with van der Waals surface area (Å²) in [5.41, 5.74) is 7.91. The Morgan fingerprint density at radius 3 is 2.88 bits per heavy atom. The summed E-state index contributed by atoms with van der Waals surface area (Å²) in [6.07, 6.45) is 0.891. The number of hydrogen-bond donors (Lipinski definition) is 2. The molecule has 0 fully saturated rings. The van der Waals surface area contributed by atoms with Crippen LogP contribution in [0.3, 0.4) is 0 Å². The first-order valence-corrected chi connectivity index (χ1v) is 5.67. The fraction of sp³-hybridized carbons (Fsp3) is 0.308. The SMILES string of the molecule is Cc1cc2c(C(=O)O)cccc2n1CCCN. The molecule has 0 saturated heterocycles. The highest BCUT2D eigenvalue weighted by Crippen LogP contribution is 2.23. The molecule has 0 aliphatic heterocycles. The molecule has 0 aliphatic carbocycles. The van der Waals surface area contributed by atoms with Gasteiger partial charge in [0, 0.05) is 23.1 Å². The molecule has 3 N–H and O–H groups in total. The Balaban J connectivity index is 2.59. The summed E-state index contributed by atoms with van der Waals surface area (Å²) in [5.74, 6) is -0.883. The third-order valence-electron chi connectivity index (χ3n) is 2.97. The van der Waals surface area contributed by atoms with Crippen LogP contribution in [0.5, 0.6) is 0 Å². The van der Waals surface area contributed by atoms with E-state index in [0.717, 1.165) is 29.6 Å². The van der Waals surface area contributed by atoms with E-state index in [1.165, 1.54) is 0 Å². The van der Waals surface area contributed by atoms with E-state index in [-0.39, 0.29) is 0 Å². The van der Waals surface area contributed by atoms with Crippen molar-refractivity contribution in [3.05, 3.63) is 35.5 Å². The van der Waals surface area contributed by atoms with Gasteiger partial charge in [0.15, 0.2) is 0 Å². The van der Waals surface area contributed by atoms with Crippen molar-refractivity contribution in [3.8, 4) is 0 Å². The minimum Gasteiger partial charge on any atom is -0.478 e. The number of carbonyl (C=O) groups is 1. The second-order valence-electron chi connectivity index (χ2n) is 4.12. The second kappa shape index (κ2) is 4.59. The fourth-order valence-electron chi connectivity index (χ4n) is 2.15. The van der Waals surface area contributed by atoms with Crippen LogP contribution in [0.2, 0.25) is 0 Å². The molecular formula is C13H16N2O2. The standard InChI is InChI=1S/C13H16N2O2/c1-9-8-11-10(13(16)17)4-2-5-12(11)15(9)7-3-6-14/h2,4-5,8H,3,6-7,14H2,1H3,(H,16,17). The van der Waals surface area contributed by atoms with Gasteiger partial charge in [-0.15, -0.1) is 0 Å². The summed E-state index contributed by atoms with van der Waals surface area (Å²) in [6, 6.07) is 7.29. The highest BCUT2D eigenvalue weighted by molar-refractivity contribution is 6.03. The van der Waals surface area contributed by atoms with Crippen molar-refractivity contribution in [2.24, 2.45) is 5.73 Å². The van der Waals surface area contributed by atoms with Crippen molar-refractivity contribution in [1.82, 2.24) is 4.57 Å². The number of aryl methyl sites for hydroxylation is 2. The molecule has 0 bridgehead atoms. The number of carboxylic acid groups (broad SMARTS) is 1. The maximum absolute atomic E-state index is 11.1. The van der Waals surface area contributed by atoms with Crippen LogP contribution in [0, 0.1) is 6.92 Å². The number of rotatable bonds is 4. The first-order valence-electron chi connectivity index (χ1n) is 5.67. The lowest BCUT2D eigenvalue weighted by atomic mass is 10.1. The topological polar surface area (TPSA) is 68.2 Å². The molecule has 90 valence electrons. The minimum absolute atomic E-state index is 0.358. The van der Waals surface area contributed by atoms with Gasteiger partial charge in [0.05, 0.1) is 5.56 Å². The molecule has 0 unspecified atom stereocenters. The Labute approximate surface area is 99.7 Å². The number of carboxylic acids is 1. The molecule has 0 radical (unpaired) electrons. The summed E-state index contributed by atoms with van der Waals surface area (Å²) < 4.78 is 2.12. The first-order chi connectivity index (χ1) is 8.15. The first kappa shape index (κ1) is 11.7. The quantitative estimate of drug-likeness (QED) is 0.847. The Morgan fingerprint density at radius 1 is 1.47 bits per heavy atom. The lowest BCUT2D eigenvalue weighted by Crippen LogP contribution is -2.06. The monoisotopic (exact) mass is 232 g/mol. The molecule has 0 aliphatic rings. The lowest BCUT2D eigenvalue weighted by Gasteiger charge is -2.07. The Morgan fingerprint density at radius 2 is 2.24 bits per heavy atom. The average molecular weight is 232 g/mol. The van der Waals surface area contributed by atoms with Crippen molar-refractivity contribution in [3.63, 3.8) is 0 Å². The van der Waals surface area contributed by atoms with Gasteiger partial charge < -0.3 is 15.4 Å². The summed E-state index contributed by atoms with van der Waals surface area (Å²) in [5, 5.41) is 9.93. The zero-order valence-corrected chi connectivity index (χ0v) is 9.81. The average Bonchev–Trinajstić information content (AvgIpc) is 2.61. The molecule has 4 nitrogen and oxygen atoms in total. The van der Waals surface area contributed by atoms with Crippen LogP contribution in [-0.4, -0.2) is 22.2 Å². The molecule has 2 aromatic rings. The fourth-order valence-corrected chi connectivity index (χ4v) is 2.15. The highest BCUT2D eigenvalue weighted by Gasteiger charge is 2.12. The maximum Gasteiger partial charge on any atom is 0.336 e. The number of nitrogens with two attached hydrogens (primary N) is 1. The van der Waals surface area contributed by atoms with E-state index in [4.69, 9.17) is 10.8 Å². The van der Waals surface area contributed by atoms with Crippen LogP contribution in [0.15, 0.2) is 24.3 Å². The maximum atomic E-state index is 11.1. The van der Waals surface area contributed by atoms with Gasteiger partial charge in [0.1, 0.15) is 0 Å². The van der Waals surface area contributed by atoms with Gasteiger partial charge in [0.25, 0.3) is 0 Å². The summed E-state index contributed by atoms with van der Waals surface area (Å²) in [4.78, 5) is 11.1. The van der Waals surface area contributed by atoms with Crippen molar-refractivity contribution >= 4 is 16.9 Å². The zero-order valence-electron chi connectivity index (χ0n) is 9.81. The Hall–Kier alpha value is -1.81. The zero-order chi connectivity index (χ0) is 12.4. The molecule has 0 amide bonds. The minimum atomic E-state index is -0.883. The molecule has 0 spiro atoms. The summed E-state index contributed by atoms with van der Waals surface area (Å²) in [7, 11) is 0. The van der Waals surface area contributed by atoms with E-state index >= 15 is 0 Å². The van der Waals surface area contributed by atoms with Gasteiger partial charge in [-0.25, -0.2) is 4.79 Å². The van der Waals surface area contributed by atoms with Gasteiger partial charge in [-0.2, -0.15) is 0 Å². The van der Waals surface area contributed by atoms with Crippen LogP contribution in [0.4, 0.5) is 0 Å². The van der Waals surface area contributed by atoms with Gasteiger partial charge >= 0.3 is 5.97 Å². The van der Waals surface area contributed by atoms with E-state index in [1.807, 2.05) is 19.1 Å². The number of benzene rings is 1. The highest BCUT2D eigenvalue weighted by atomic mass is 16.4. The molecular weight excluding hydrogens is 216 g/mol. The van der Waals surface area contributed by atoms with Crippen molar-refractivity contribution in [2.75, 3.05) is 6.54 Å². The van der Waals surface area contributed by atoms with Gasteiger partial charge in [0.2, 0.25) is 0 Å². The van der Waals surface area contributed by atoms with Crippen LogP contribution in [0.1, 0.15) is 22.5 Å². The molecule has 17 heavy (non-hydrogen) atoms. The van der Waals surface area contributed by atoms with Gasteiger partial charge in [-0.05, 0) is 38.1 Å². The van der Waals surface area contributed by atoms with Gasteiger partial charge in [-0.1, -0.05) is 6.07 Å². The number of hydrogen-bond acceptors (Lipinski definition) is 2. The summed E-state index contributed by atoms with van der Waals surface area (Å²) in [6.45, 7) is 3.45. The normalized spacial score (nSPS) is 10.9. The third kappa shape index (κ3) is 2.03. The third-order valence-corrected chi connectivity index (χ3v) is 2.97. The predicted octanol–water partition coefficient (Wildman–Crippen LogP) is 2.00. The van der Waals surface area contributed by atoms with E-state index in [1.54, 1.807) is 12.1 Å². The van der Waals surface area contributed by atoms with Crippen molar-refractivity contribution in [2.45, 2.75) is 19.9 Å². The number of aromatic nitrogens is 1. The van der Waals surface area contributed by atoms with E-state index < -0.39 is 5.97 Å². The second-order valence-corrected chi connectivity index (χ2v) is 4.12. The Kier molecular flexibility index (Phi) is 3.15. The predicted molar refractivity (Wildman–Crippen MR) is 67.3 cm³/mol. The Bertz CT molecular complexity index is 558.